The fraction of sp³-hybridized carbons (Fsp3) is 0.200. The second kappa shape index (κ2) is 7.96. The van der Waals surface area contributed by atoms with Crippen LogP contribution in [0, 0.1) is 11.6 Å². The van der Waals surface area contributed by atoms with Gasteiger partial charge in [-0.15, -0.1) is 0 Å². The molecule has 7 nitrogen and oxygen atoms in total. The summed E-state index contributed by atoms with van der Waals surface area (Å²) in [6.45, 7) is 0.633. The third kappa shape index (κ3) is 3.83. The van der Waals surface area contributed by atoms with Crippen molar-refractivity contribution in [1.82, 2.24) is 19.0 Å². The van der Waals surface area contributed by atoms with Crippen LogP contribution < -0.4 is 0 Å². The van der Waals surface area contributed by atoms with Crippen molar-refractivity contribution >= 4 is 15.9 Å². The second-order valence-corrected chi connectivity index (χ2v) is 8.71. The SMILES string of the molecule is O=C(c1cnn(-c2ccccc2F)c1)N1CCN(S(=O)(=O)c2ccc(F)cc2)CC1. The van der Waals surface area contributed by atoms with Crippen LogP contribution in [-0.4, -0.2) is 59.5 Å². The van der Waals surface area contributed by atoms with Gasteiger partial charge in [0.15, 0.2) is 0 Å². The van der Waals surface area contributed by atoms with E-state index in [9.17, 15) is 22.0 Å². The predicted octanol–water partition coefficient (Wildman–Crippen LogP) is 2.30. The van der Waals surface area contributed by atoms with E-state index in [-0.39, 0.29) is 48.2 Å². The van der Waals surface area contributed by atoms with Crippen molar-refractivity contribution in [3.63, 3.8) is 0 Å². The molecule has 3 aromatic rings. The molecule has 0 unspecified atom stereocenters. The van der Waals surface area contributed by atoms with Crippen LogP contribution in [0.15, 0.2) is 65.8 Å². The summed E-state index contributed by atoms with van der Waals surface area (Å²) in [7, 11) is -3.76. The highest BCUT2D eigenvalue weighted by Crippen LogP contribution is 2.19. The summed E-state index contributed by atoms with van der Waals surface area (Å²) in [4.78, 5) is 14.3. The van der Waals surface area contributed by atoms with Crippen LogP contribution in [0.3, 0.4) is 0 Å². The number of carbonyl (C=O) groups is 1. The average molecular weight is 432 g/mol. The number of para-hydroxylation sites is 1. The maximum absolute atomic E-state index is 13.9. The van der Waals surface area contributed by atoms with Crippen molar-refractivity contribution in [2.75, 3.05) is 26.2 Å². The van der Waals surface area contributed by atoms with E-state index in [4.69, 9.17) is 0 Å². The Labute approximate surface area is 172 Å². The number of halogens is 2. The third-order valence-corrected chi connectivity index (χ3v) is 6.82. The summed E-state index contributed by atoms with van der Waals surface area (Å²) in [6, 6.07) is 10.7. The first-order valence-corrected chi connectivity index (χ1v) is 10.6. The number of nitrogens with zero attached hydrogens (tertiary/aromatic N) is 4. The zero-order valence-corrected chi connectivity index (χ0v) is 16.6. The summed E-state index contributed by atoms with van der Waals surface area (Å²) < 4.78 is 54.9. The molecular formula is C20H18F2N4O3S. The summed E-state index contributed by atoms with van der Waals surface area (Å²) in [5.41, 5.74) is 0.514. The highest BCUT2D eigenvalue weighted by molar-refractivity contribution is 7.89. The van der Waals surface area contributed by atoms with Gasteiger partial charge in [0.2, 0.25) is 10.0 Å². The van der Waals surface area contributed by atoms with Gasteiger partial charge in [0.25, 0.3) is 5.91 Å². The molecule has 2 heterocycles. The first kappa shape index (κ1) is 20.2. The summed E-state index contributed by atoms with van der Waals surface area (Å²) in [6.07, 6.45) is 2.80. The molecule has 0 aliphatic carbocycles. The van der Waals surface area contributed by atoms with E-state index in [1.54, 1.807) is 18.2 Å². The quantitative estimate of drug-likeness (QED) is 0.634. The minimum atomic E-state index is -3.76. The molecule has 0 saturated carbocycles. The van der Waals surface area contributed by atoms with Gasteiger partial charge >= 0.3 is 0 Å². The molecule has 0 bridgehead atoms. The molecule has 156 valence electrons. The van der Waals surface area contributed by atoms with Gasteiger partial charge in [0.05, 0.1) is 16.7 Å². The number of amides is 1. The normalized spacial score (nSPS) is 15.3. The van der Waals surface area contributed by atoms with Crippen LogP contribution in [0.4, 0.5) is 8.78 Å². The maximum atomic E-state index is 13.9. The van der Waals surface area contributed by atoms with E-state index >= 15 is 0 Å². The molecular weight excluding hydrogens is 414 g/mol. The molecule has 10 heteroatoms. The van der Waals surface area contributed by atoms with Crippen molar-refractivity contribution in [2.45, 2.75) is 4.90 Å². The Hall–Kier alpha value is -3.11. The van der Waals surface area contributed by atoms with Gasteiger partial charge in [-0.1, -0.05) is 12.1 Å². The van der Waals surface area contributed by atoms with Crippen LogP contribution >= 0.6 is 0 Å². The number of sulfonamides is 1. The number of hydrogen-bond acceptors (Lipinski definition) is 4. The monoisotopic (exact) mass is 432 g/mol. The molecule has 2 aromatic carbocycles. The van der Waals surface area contributed by atoms with Crippen molar-refractivity contribution < 1.29 is 22.0 Å². The molecule has 4 rings (SSSR count). The molecule has 0 radical (unpaired) electrons. The van der Waals surface area contributed by atoms with Gasteiger partial charge in [-0.3, -0.25) is 4.79 Å². The van der Waals surface area contributed by atoms with E-state index in [2.05, 4.69) is 5.10 Å². The number of aromatic nitrogens is 2. The van der Waals surface area contributed by atoms with Crippen LogP contribution in [-0.2, 0) is 10.0 Å². The highest BCUT2D eigenvalue weighted by atomic mass is 32.2. The zero-order chi connectivity index (χ0) is 21.3. The van der Waals surface area contributed by atoms with E-state index in [1.165, 1.54) is 44.5 Å². The molecule has 1 fully saturated rings. The third-order valence-electron chi connectivity index (χ3n) is 4.91. The van der Waals surface area contributed by atoms with Gasteiger partial charge in [0.1, 0.15) is 17.3 Å². The van der Waals surface area contributed by atoms with Gasteiger partial charge in [-0.25, -0.2) is 21.9 Å². The van der Waals surface area contributed by atoms with Gasteiger partial charge < -0.3 is 4.90 Å². The van der Waals surface area contributed by atoms with E-state index < -0.39 is 21.7 Å². The molecule has 1 saturated heterocycles. The van der Waals surface area contributed by atoms with Crippen molar-refractivity contribution in [3.05, 3.63) is 78.1 Å². The second-order valence-electron chi connectivity index (χ2n) is 6.78. The maximum Gasteiger partial charge on any atom is 0.257 e. The van der Waals surface area contributed by atoms with Crippen LogP contribution in [0.1, 0.15) is 10.4 Å². The van der Waals surface area contributed by atoms with Crippen molar-refractivity contribution in [1.29, 1.82) is 0 Å². The summed E-state index contributed by atoms with van der Waals surface area (Å²) in [5.74, 6) is -1.28. The van der Waals surface area contributed by atoms with Crippen LogP contribution in [0.5, 0.6) is 0 Å². The first-order chi connectivity index (χ1) is 14.4. The fourth-order valence-electron chi connectivity index (χ4n) is 3.27. The van der Waals surface area contributed by atoms with E-state index in [1.807, 2.05) is 0 Å². The highest BCUT2D eigenvalue weighted by Gasteiger charge is 2.30. The zero-order valence-electron chi connectivity index (χ0n) is 15.8. The van der Waals surface area contributed by atoms with Crippen molar-refractivity contribution in [3.8, 4) is 5.69 Å². The molecule has 0 spiro atoms. The fourth-order valence-corrected chi connectivity index (χ4v) is 4.69. The Balaban J connectivity index is 1.44. The lowest BCUT2D eigenvalue weighted by molar-refractivity contribution is 0.0698. The Morgan fingerprint density at radius 3 is 2.27 bits per heavy atom. The Bertz CT molecular complexity index is 1170. The minimum Gasteiger partial charge on any atom is -0.336 e. The molecule has 1 aliphatic heterocycles. The topological polar surface area (TPSA) is 75.5 Å². The van der Waals surface area contributed by atoms with E-state index in [0.717, 1.165) is 12.1 Å². The molecule has 0 N–H and O–H groups in total. The lowest BCUT2D eigenvalue weighted by Crippen LogP contribution is -2.50. The van der Waals surface area contributed by atoms with Gasteiger partial charge in [-0.05, 0) is 36.4 Å². The Morgan fingerprint density at radius 1 is 0.933 bits per heavy atom. The number of rotatable bonds is 4. The van der Waals surface area contributed by atoms with Crippen molar-refractivity contribution in [2.24, 2.45) is 0 Å². The summed E-state index contributed by atoms with van der Waals surface area (Å²) in [5, 5.41) is 4.06. The number of hydrogen-bond donors (Lipinski definition) is 0. The smallest absolute Gasteiger partial charge is 0.257 e. The predicted molar refractivity (Wildman–Crippen MR) is 105 cm³/mol. The Morgan fingerprint density at radius 2 is 1.60 bits per heavy atom. The summed E-state index contributed by atoms with van der Waals surface area (Å²) >= 11 is 0. The lowest BCUT2D eigenvalue weighted by atomic mass is 10.2. The number of piperazine rings is 1. The molecule has 0 atom stereocenters. The number of carbonyl (C=O) groups excluding carboxylic acids is 1. The molecule has 30 heavy (non-hydrogen) atoms. The number of benzene rings is 2. The minimum absolute atomic E-state index is 0.00911. The van der Waals surface area contributed by atoms with Gasteiger partial charge in [0, 0.05) is 32.4 Å². The van der Waals surface area contributed by atoms with Crippen LogP contribution in [0.25, 0.3) is 5.69 Å². The first-order valence-electron chi connectivity index (χ1n) is 9.21. The lowest BCUT2D eigenvalue weighted by Gasteiger charge is -2.33. The van der Waals surface area contributed by atoms with E-state index in [0.29, 0.717) is 0 Å². The average Bonchev–Trinajstić information content (AvgIpc) is 3.24. The molecule has 1 amide bonds. The Kier molecular flexibility index (Phi) is 5.35. The largest absolute Gasteiger partial charge is 0.336 e. The van der Waals surface area contributed by atoms with Gasteiger partial charge in [-0.2, -0.15) is 9.40 Å². The molecule has 1 aliphatic rings. The molecule has 1 aromatic heterocycles. The standard InChI is InChI=1S/C20H18F2N4O3S/c21-16-5-7-17(8-6-16)30(28,29)25-11-9-24(10-12-25)20(27)15-13-23-26(14-15)19-4-2-1-3-18(19)22/h1-8,13-14H,9-12H2. The van der Waals surface area contributed by atoms with Crippen LogP contribution in [0.2, 0.25) is 0 Å².